The van der Waals surface area contributed by atoms with Gasteiger partial charge in [0.1, 0.15) is 16.3 Å². The molecule has 9 heteroatoms. The SMILES string of the molecule is Cc1ccc2nc(-c3ccc(NC(=O)CC#N)cc3)sc2c1S(=O)(=O)O. The minimum Gasteiger partial charge on any atom is -0.325 e. The Morgan fingerprint density at radius 2 is 1.96 bits per heavy atom. The van der Waals surface area contributed by atoms with E-state index in [1.54, 1.807) is 49.4 Å². The van der Waals surface area contributed by atoms with E-state index in [1.807, 2.05) is 0 Å². The number of carbonyl (C=O) groups excluding carboxylic acids is 1. The largest absolute Gasteiger partial charge is 0.325 e. The van der Waals surface area contributed by atoms with Crippen LogP contribution in [-0.4, -0.2) is 23.9 Å². The zero-order chi connectivity index (χ0) is 18.9. The van der Waals surface area contributed by atoms with E-state index >= 15 is 0 Å². The van der Waals surface area contributed by atoms with Crippen molar-refractivity contribution in [1.29, 1.82) is 5.26 Å². The van der Waals surface area contributed by atoms with Gasteiger partial charge in [-0.2, -0.15) is 13.7 Å². The fourth-order valence-electron chi connectivity index (χ4n) is 2.48. The molecule has 26 heavy (non-hydrogen) atoms. The van der Waals surface area contributed by atoms with E-state index in [2.05, 4.69) is 10.3 Å². The van der Waals surface area contributed by atoms with Gasteiger partial charge in [0.05, 0.1) is 16.3 Å². The molecule has 0 bridgehead atoms. The second-order valence-corrected chi connectivity index (χ2v) is 7.87. The number of fused-ring (bicyclic) bond motifs is 1. The molecule has 132 valence electrons. The molecule has 0 saturated carbocycles. The Hall–Kier alpha value is -2.80. The molecule has 1 amide bonds. The molecule has 0 aliphatic heterocycles. The van der Waals surface area contributed by atoms with E-state index in [9.17, 15) is 17.8 Å². The first-order chi connectivity index (χ1) is 12.3. The predicted octanol–water partition coefficient (Wildman–Crippen LogP) is 3.37. The van der Waals surface area contributed by atoms with Crippen molar-refractivity contribution in [3.63, 3.8) is 0 Å². The Kier molecular flexibility index (Phi) is 4.73. The monoisotopic (exact) mass is 387 g/mol. The summed E-state index contributed by atoms with van der Waals surface area (Å²) in [5, 5.41) is 11.7. The zero-order valence-corrected chi connectivity index (χ0v) is 15.2. The van der Waals surface area contributed by atoms with Gasteiger partial charge < -0.3 is 5.32 Å². The van der Waals surface area contributed by atoms with Crippen molar-refractivity contribution in [3.05, 3.63) is 42.0 Å². The molecular formula is C17H13N3O4S2. The Balaban J connectivity index is 1.99. The van der Waals surface area contributed by atoms with Crippen LogP contribution >= 0.6 is 11.3 Å². The molecule has 2 N–H and O–H groups in total. The van der Waals surface area contributed by atoms with Gasteiger partial charge in [-0.1, -0.05) is 6.07 Å². The third kappa shape index (κ3) is 3.57. The summed E-state index contributed by atoms with van der Waals surface area (Å²) in [6.45, 7) is 1.61. The fourth-order valence-corrected chi connectivity index (χ4v) is 4.80. The highest BCUT2D eigenvalue weighted by atomic mass is 32.2. The first-order valence-electron chi connectivity index (χ1n) is 7.44. The van der Waals surface area contributed by atoms with Crippen LogP contribution in [0.15, 0.2) is 41.3 Å². The van der Waals surface area contributed by atoms with Crippen LogP contribution in [0.5, 0.6) is 0 Å². The number of amides is 1. The maximum atomic E-state index is 11.7. The molecule has 7 nitrogen and oxygen atoms in total. The van der Waals surface area contributed by atoms with Gasteiger partial charge in [-0.05, 0) is 42.8 Å². The summed E-state index contributed by atoms with van der Waals surface area (Å²) in [5.74, 6) is -0.395. The number of nitrogens with one attached hydrogen (secondary N) is 1. The minimum atomic E-state index is -4.36. The van der Waals surface area contributed by atoms with E-state index in [0.717, 1.165) is 5.56 Å². The highest BCUT2D eigenvalue weighted by molar-refractivity contribution is 7.86. The number of aromatic nitrogens is 1. The van der Waals surface area contributed by atoms with Crippen molar-refractivity contribution in [2.24, 2.45) is 0 Å². The Morgan fingerprint density at radius 1 is 1.27 bits per heavy atom. The molecule has 0 fully saturated rings. The molecule has 3 rings (SSSR count). The van der Waals surface area contributed by atoms with Gasteiger partial charge in [0.25, 0.3) is 10.1 Å². The number of rotatable bonds is 4. The van der Waals surface area contributed by atoms with Crippen molar-refractivity contribution in [2.45, 2.75) is 18.2 Å². The van der Waals surface area contributed by atoms with Gasteiger partial charge in [0.2, 0.25) is 5.91 Å². The average molecular weight is 387 g/mol. The van der Waals surface area contributed by atoms with Crippen molar-refractivity contribution in [3.8, 4) is 16.6 Å². The van der Waals surface area contributed by atoms with Crippen LogP contribution in [0.2, 0.25) is 0 Å². The summed E-state index contributed by atoms with van der Waals surface area (Å²) < 4.78 is 33.3. The summed E-state index contributed by atoms with van der Waals surface area (Å²) in [7, 11) is -4.36. The number of thiazole rings is 1. The number of benzene rings is 2. The summed E-state index contributed by atoms with van der Waals surface area (Å²) in [4.78, 5) is 15.7. The third-order valence-electron chi connectivity index (χ3n) is 3.62. The van der Waals surface area contributed by atoms with E-state index in [1.165, 1.54) is 11.3 Å². The van der Waals surface area contributed by atoms with E-state index in [0.29, 0.717) is 26.5 Å². The van der Waals surface area contributed by atoms with E-state index in [-0.39, 0.29) is 11.3 Å². The van der Waals surface area contributed by atoms with Gasteiger partial charge >= 0.3 is 0 Å². The topological polar surface area (TPSA) is 120 Å². The van der Waals surface area contributed by atoms with E-state index in [4.69, 9.17) is 5.26 Å². The summed E-state index contributed by atoms with van der Waals surface area (Å²) in [6.07, 6.45) is -0.225. The molecule has 0 unspecified atom stereocenters. The maximum absolute atomic E-state index is 11.7. The molecule has 1 heterocycles. The van der Waals surface area contributed by atoms with Gasteiger partial charge in [0, 0.05) is 11.3 Å². The molecule has 1 aromatic heterocycles. The normalized spacial score (nSPS) is 11.3. The smallest absolute Gasteiger partial charge is 0.296 e. The number of hydrogen-bond donors (Lipinski definition) is 2. The van der Waals surface area contributed by atoms with Gasteiger partial charge in [-0.15, -0.1) is 11.3 Å². The van der Waals surface area contributed by atoms with Crippen LogP contribution in [0.4, 0.5) is 5.69 Å². The first kappa shape index (κ1) is 18.0. The lowest BCUT2D eigenvalue weighted by molar-refractivity contribution is -0.115. The lowest BCUT2D eigenvalue weighted by Crippen LogP contribution is -2.09. The molecule has 3 aromatic rings. The third-order valence-corrected chi connectivity index (χ3v) is 5.93. The van der Waals surface area contributed by atoms with Gasteiger partial charge in [-0.3, -0.25) is 9.35 Å². The molecule has 0 aliphatic rings. The van der Waals surface area contributed by atoms with Gasteiger partial charge in [0.15, 0.2) is 0 Å². The minimum absolute atomic E-state index is 0.126. The number of aryl methyl sites for hydroxylation is 1. The van der Waals surface area contributed by atoms with Crippen LogP contribution in [0.1, 0.15) is 12.0 Å². The number of hydrogen-bond acceptors (Lipinski definition) is 6. The standard InChI is InChI=1S/C17H13N3O4S2/c1-10-2-7-13-15(16(10)26(22,23)24)25-17(20-13)11-3-5-12(6-4-11)19-14(21)8-9-18/h2-7H,8H2,1H3,(H,19,21)(H,22,23,24). The van der Waals surface area contributed by atoms with Crippen molar-refractivity contribution in [2.75, 3.05) is 5.32 Å². The Morgan fingerprint density at radius 3 is 2.58 bits per heavy atom. The molecular weight excluding hydrogens is 374 g/mol. The van der Waals surface area contributed by atoms with Crippen molar-refractivity contribution >= 4 is 43.3 Å². The Labute approximate surface area is 153 Å². The lowest BCUT2D eigenvalue weighted by Gasteiger charge is -2.03. The second kappa shape index (κ2) is 6.84. The van der Waals surface area contributed by atoms with Crippen LogP contribution < -0.4 is 5.32 Å². The molecule has 0 radical (unpaired) electrons. The first-order valence-corrected chi connectivity index (χ1v) is 9.70. The summed E-state index contributed by atoms with van der Waals surface area (Å²) in [6, 6.07) is 11.9. The van der Waals surface area contributed by atoms with Crippen LogP contribution in [0, 0.1) is 18.3 Å². The molecule has 0 atom stereocenters. The molecule has 2 aromatic carbocycles. The molecule has 0 aliphatic carbocycles. The second-order valence-electron chi connectivity index (χ2n) is 5.51. The highest BCUT2D eigenvalue weighted by Crippen LogP contribution is 2.36. The number of carbonyl (C=O) groups is 1. The van der Waals surface area contributed by atoms with Crippen LogP contribution in [0.25, 0.3) is 20.8 Å². The van der Waals surface area contributed by atoms with Crippen molar-refractivity contribution < 1.29 is 17.8 Å². The quantitative estimate of drug-likeness (QED) is 0.662. The number of nitrogens with zero attached hydrogens (tertiary/aromatic N) is 2. The maximum Gasteiger partial charge on any atom is 0.296 e. The zero-order valence-electron chi connectivity index (χ0n) is 13.6. The van der Waals surface area contributed by atoms with E-state index < -0.39 is 16.0 Å². The lowest BCUT2D eigenvalue weighted by atomic mass is 10.2. The van der Waals surface area contributed by atoms with Crippen LogP contribution in [0.3, 0.4) is 0 Å². The van der Waals surface area contributed by atoms with Gasteiger partial charge in [-0.25, -0.2) is 4.98 Å². The summed E-state index contributed by atoms with van der Waals surface area (Å²) >= 11 is 1.17. The molecule has 0 saturated heterocycles. The summed E-state index contributed by atoms with van der Waals surface area (Å²) in [5.41, 5.74) is 2.22. The average Bonchev–Trinajstić information content (AvgIpc) is 2.98. The molecule has 0 spiro atoms. The number of nitriles is 1. The fraction of sp³-hybridized carbons (Fsp3) is 0.118. The van der Waals surface area contributed by atoms with Crippen molar-refractivity contribution in [1.82, 2.24) is 4.98 Å². The Bertz CT molecular complexity index is 1140. The predicted molar refractivity (Wildman–Crippen MR) is 98.5 cm³/mol. The number of anilines is 1. The highest BCUT2D eigenvalue weighted by Gasteiger charge is 2.20. The van der Waals surface area contributed by atoms with Crippen LogP contribution in [-0.2, 0) is 14.9 Å².